The first-order valence-electron chi connectivity index (χ1n) is 11.5. The number of carbonyl (C=O) groups is 2. The highest BCUT2D eigenvalue weighted by Crippen LogP contribution is 2.28. The van der Waals surface area contributed by atoms with Gasteiger partial charge in [0, 0.05) is 24.3 Å². The molecular formula is C26H28N4O6. The topological polar surface area (TPSA) is 134 Å². The third kappa shape index (κ3) is 5.96. The summed E-state index contributed by atoms with van der Waals surface area (Å²) in [5.74, 6) is -2.08. The third-order valence-corrected chi connectivity index (χ3v) is 5.93. The van der Waals surface area contributed by atoms with Gasteiger partial charge >= 0.3 is 5.97 Å². The van der Waals surface area contributed by atoms with Crippen LogP contribution in [-0.2, 0) is 20.7 Å². The summed E-state index contributed by atoms with van der Waals surface area (Å²) >= 11 is 0. The number of aromatic hydroxyl groups is 1. The van der Waals surface area contributed by atoms with Crippen molar-refractivity contribution in [3.63, 3.8) is 0 Å². The van der Waals surface area contributed by atoms with Gasteiger partial charge in [-0.25, -0.2) is 9.97 Å². The third-order valence-electron chi connectivity index (χ3n) is 5.93. The highest BCUT2D eigenvalue weighted by molar-refractivity contribution is 5.96. The lowest BCUT2D eigenvalue weighted by molar-refractivity contribution is -0.186. The minimum absolute atomic E-state index is 0.0668. The average Bonchev–Trinajstić information content (AvgIpc) is 2.90. The van der Waals surface area contributed by atoms with Crippen LogP contribution < -0.4 is 10.2 Å². The highest BCUT2D eigenvalue weighted by Gasteiger charge is 2.26. The second-order valence-electron chi connectivity index (χ2n) is 8.48. The van der Waals surface area contributed by atoms with Gasteiger partial charge in [-0.15, -0.1) is 0 Å². The Bertz CT molecular complexity index is 1210. The van der Waals surface area contributed by atoms with Crippen LogP contribution in [0, 0.1) is 6.92 Å². The van der Waals surface area contributed by atoms with Crippen molar-refractivity contribution in [2.45, 2.75) is 25.6 Å². The Balaban J connectivity index is 1.35. The molecule has 0 aliphatic carbocycles. The number of anilines is 2. The molecule has 1 fully saturated rings. The lowest BCUT2D eigenvalue weighted by Gasteiger charge is -2.30. The molecule has 10 nitrogen and oxygen atoms in total. The van der Waals surface area contributed by atoms with Gasteiger partial charge in [0.25, 0.3) is 5.91 Å². The van der Waals surface area contributed by atoms with Crippen LogP contribution in [0.25, 0.3) is 0 Å². The standard InChI is InChI=1S/C26H28N4O6/c1-16-25(33)24(26(34)27-13-22(31)32)29-21(28-16)12-23-35-14-18(15-36-23)17-8-10-20(11-9-17)30(2)19-6-4-3-5-7-19/h3-11,18,23,33H,12-15H2,1-2H3,(H,27,34)(H,31,32)/t18-,23-. The second-order valence-corrected chi connectivity index (χ2v) is 8.48. The molecule has 2 heterocycles. The molecule has 0 radical (unpaired) electrons. The molecule has 2 aromatic carbocycles. The fourth-order valence-corrected chi connectivity index (χ4v) is 3.89. The molecule has 0 saturated carbocycles. The number of carboxylic acid groups (broad SMARTS) is 1. The molecule has 0 bridgehead atoms. The zero-order chi connectivity index (χ0) is 25.7. The summed E-state index contributed by atoms with van der Waals surface area (Å²) in [5, 5.41) is 21.1. The van der Waals surface area contributed by atoms with E-state index in [2.05, 4.69) is 56.6 Å². The van der Waals surface area contributed by atoms with Crippen LogP contribution in [0.2, 0.25) is 0 Å². The number of ether oxygens (including phenoxy) is 2. The summed E-state index contributed by atoms with van der Waals surface area (Å²) < 4.78 is 11.8. The van der Waals surface area contributed by atoms with Crippen molar-refractivity contribution in [3.05, 3.63) is 77.4 Å². The number of rotatable bonds is 8. The largest absolute Gasteiger partial charge is 0.504 e. The van der Waals surface area contributed by atoms with Gasteiger partial charge in [-0.05, 0) is 36.8 Å². The van der Waals surface area contributed by atoms with Gasteiger partial charge in [0.15, 0.2) is 17.7 Å². The summed E-state index contributed by atoms with van der Waals surface area (Å²) in [7, 11) is 2.02. The first-order valence-corrected chi connectivity index (χ1v) is 11.5. The summed E-state index contributed by atoms with van der Waals surface area (Å²) in [4.78, 5) is 33.4. The van der Waals surface area contributed by atoms with Crippen molar-refractivity contribution in [1.29, 1.82) is 0 Å². The Labute approximate surface area is 208 Å². The van der Waals surface area contributed by atoms with Crippen molar-refractivity contribution in [2.75, 3.05) is 31.7 Å². The Hall–Kier alpha value is -4.02. The molecule has 0 spiro atoms. The summed E-state index contributed by atoms with van der Waals surface area (Å²) in [6, 6.07) is 18.4. The van der Waals surface area contributed by atoms with Crippen molar-refractivity contribution in [3.8, 4) is 5.75 Å². The normalized spacial score (nSPS) is 17.4. The Kier molecular flexibility index (Phi) is 7.77. The molecule has 3 N–H and O–H groups in total. The number of amides is 1. The van der Waals surface area contributed by atoms with Crippen molar-refractivity contribution >= 4 is 23.3 Å². The van der Waals surface area contributed by atoms with Gasteiger partial charge in [-0.3, -0.25) is 9.59 Å². The molecule has 3 aromatic rings. The number of carboxylic acids is 1. The molecule has 1 aromatic heterocycles. The van der Waals surface area contributed by atoms with Gasteiger partial charge in [0.2, 0.25) is 0 Å². The van der Waals surface area contributed by atoms with Crippen molar-refractivity contribution < 1.29 is 29.3 Å². The number of hydrogen-bond donors (Lipinski definition) is 3. The number of benzene rings is 2. The molecule has 1 aliphatic rings. The van der Waals surface area contributed by atoms with Gasteiger partial charge in [-0.1, -0.05) is 30.3 Å². The predicted octanol–water partition coefficient (Wildman–Crippen LogP) is 2.77. The highest BCUT2D eigenvalue weighted by atomic mass is 16.7. The van der Waals surface area contributed by atoms with E-state index in [0.717, 1.165) is 16.9 Å². The van der Waals surface area contributed by atoms with E-state index < -0.39 is 30.5 Å². The average molecular weight is 493 g/mol. The number of nitrogens with one attached hydrogen (secondary N) is 1. The molecule has 4 rings (SSSR count). The van der Waals surface area contributed by atoms with E-state index >= 15 is 0 Å². The molecule has 1 aliphatic heterocycles. The van der Waals surface area contributed by atoms with E-state index in [1.807, 2.05) is 25.2 Å². The molecule has 1 amide bonds. The Morgan fingerprint density at radius 1 is 1.03 bits per heavy atom. The van der Waals surface area contributed by atoms with E-state index in [-0.39, 0.29) is 29.6 Å². The molecule has 10 heteroatoms. The fourth-order valence-electron chi connectivity index (χ4n) is 3.89. The number of aryl methyl sites for hydroxylation is 1. The molecule has 0 atom stereocenters. The van der Waals surface area contributed by atoms with E-state index in [9.17, 15) is 14.7 Å². The lowest BCUT2D eigenvalue weighted by atomic mass is 9.99. The predicted molar refractivity (Wildman–Crippen MR) is 131 cm³/mol. The first kappa shape index (κ1) is 25.1. The van der Waals surface area contributed by atoms with E-state index in [4.69, 9.17) is 14.6 Å². The van der Waals surface area contributed by atoms with Crippen LogP contribution in [0.5, 0.6) is 5.75 Å². The van der Waals surface area contributed by atoms with Crippen LogP contribution in [-0.4, -0.2) is 65.2 Å². The number of aromatic nitrogens is 2. The summed E-state index contributed by atoms with van der Waals surface area (Å²) in [6.07, 6.45) is -0.433. The minimum Gasteiger partial charge on any atom is -0.504 e. The summed E-state index contributed by atoms with van der Waals surface area (Å²) in [6.45, 7) is 1.84. The molecular weight excluding hydrogens is 464 g/mol. The quantitative estimate of drug-likeness (QED) is 0.434. The van der Waals surface area contributed by atoms with Crippen LogP contribution >= 0.6 is 0 Å². The molecule has 36 heavy (non-hydrogen) atoms. The first-order chi connectivity index (χ1) is 17.3. The van der Waals surface area contributed by atoms with Crippen molar-refractivity contribution in [2.24, 2.45) is 0 Å². The van der Waals surface area contributed by atoms with Crippen LogP contribution in [0.4, 0.5) is 11.4 Å². The molecule has 0 unspecified atom stereocenters. The van der Waals surface area contributed by atoms with Crippen LogP contribution in [0.3, 0.4) is 0 Å². The van der Waals surface area contributed by atoms with E-state index in [1.54, 1.807) is 0 Å². The summed E-state index contributed by atoms with van der Waals surface area (Å²) in [5.41, 5.74) is 3.20. The zero-order valence-electron chi connectivity index (χ0n) is 20.0. The minimum atomic E-state index is -1.20. The lowest BCUT2D eigenvalue weighted by Crippen LogP contribution is -2.33. The smallest absolute Gasteiger partial charge is 0.322 e. The van der Waals surface area contributed by atoms with Gasteiger partial charge < -0.3 is 29.9 Å². The van der Waals surface area contributed by atoms with Crippen LogP contribution in [0.1, 0.15) is 33.5 Å². The van der Waals surface area contributed by atoms with Gasteiger partial charge in [-0.2, -0.15) is 0 Å². The maximum absolute atomic E-state index is 12.2. The number of carbonyl (C=O) groups excluding carboxylic acids is 1. The monoisotopic (exact) mass is 492 g/mol. The van der Waals surface area contributed by atoms with E-state index in [0.29, 0.717) is 13.2 Å². The van der Waals surface area contributed by atoms with Gasteiger partial charge in [0.05, 0.1) is 25.3 Å². The maximum Gasteiger partial charge on any atom is 0.322 e. The number of hydrogen-bond acceptors (Lipinski definition) is 8. The second kappa shape index (κ2) is 11.1. The molecule has 188 valence electrons. The zero-order valence-corrected chi connectivity index (χ0v) is 20.0. The maximum atomic E-state index is 12.2. The van der Waals surface area contributed by atoms with Crippen molar-refractivity contribution in [1.82, 2.24) is 15.3 Å². The van der Waals surface area contributed by atoms with Crippen LogP contribution in [0.15, 0.2) is 54.6 Å². The number of aliphatic carboxylic acids is 1. The number of nitrogens with zero attached hydrogens (tertiary/aromatic N) is 3. The Morgan fingerprint density at radius 3 is 2.31 bits per heavy atom. The Morgan fingerprint density at radius 2 is 1.67 bits per heavy atom. The number of para-hydroxylation sites is 1. The fraction of sp³-hybridized carbons (Fsp3) is 0.308. The SMILES string of the molecule is Cc1nc(C[C@H]2OC[C@H](c3ccc(N(C)c4ccccc4)cc3)CO2)nc(C(=O)NCC(=O)O)c1O. The van der Waals surface area contributed by atoms with E-state index in [1.165, 1.54) is 6.92 Å². The van der Waals surface area contributed by atoms with Gasteiger partial charge in [0.1, 0.15) is 12.4 Å². The molecule has 1 saturated heterocycles.